The summed E-state index contributed by atoms with van der Waals surface area (Å²) in [7, 11) is 0. The van der Waals surface area contributed by atoms with Gasteiger partial charge < -0.3 is 10.2 Å². The van der Waals surface area contributed by atoms with Crippen molar-refractivity contribution in [1.29, 1.82) is 0 Å². The van der Waals surface area contributed by atoms with Crippen molar-refractivity contribution in [2.75, 3.05) is 0 Å². The third kappa shape index (κ3) is 2.42. The summed E-state index contributed by atoms with van der Waals surface area (Å²) in [6, 6.07) is 1.03. The largest absolute Gasteiger partial charge is 0.479 e. The summed E-state index contributed by atoms with van der Waals surface area (Å²) >= 11 is 0. The first-order valence-corrected chi connectivity index (χ1v) is 4.22. The fourth-order valence-corrected chi connectivity index (χ4v) is 1.19. The van der Waals surface area contributed by atoms with E-state index in [1.807, 2.05) is 0 Å². The Labute approximate surface area is 93.3 Å². The number of aliphatic carboxylic acids is 1. The fraction of sp³-hybridized carbons (Fsp3) is 0.111. The lowest BCUT2D eigenvalue weighted by Gasteiger charge is -2.07. The summed E-state index contributed by atoms with van der Waals surface area (Å²) in [6.07, 6.45) is -2.11. The summed E-state index contributed by atoms with van der Waals surface area (Å²) in [6.45, 7) is 0. The van der Waals surface area contributed by atoms with E-state index < -0.39 is 39.6 Å². The molecule has 0 saturated carbocycles. The number of hydrogen-bond donors (Lipinski definition) is 2. The van der Waals surface area contributed by atoms with Crippen LogP contribution < -0.4 is 0 Å². The zero-order chi connectivity index (χ0) is 13.2. The van der Waals surface area contributed by atoms with Crippen molar-refractivity contribution in [3.63, 3.8) is 0 Å². The number of rotatable bonds is 4. The molecule has 7 nitrogen and oxygen atoms in total. The second kappa shape index (κ2) is 4.66. The van der Waals surface area contributed by atoms with Crippen LogP contribution in [0.15, 0.2) is 12.1 Å². The highest BCUT2D eigenvalue weighted by atomic mass is 19.1. The van der Waals surface area contributed by atoms with E-state index in [0.29, 0.717) is 12.1 Å². The average Bonchev–Trinajstić information content (AvgIpc) is 2.27. The van der Waals surface area contributed by atoms with Gasteiger partial charge in [-0.3, -0.25) is 14.9 Å². The third-order valence-corrected chi connectivity index (χ3v) is 2.00. The van der Waals surface area contributed by atoms with E-state index in [-0.39, 0.29) is 6.29 Å². The molecular weight excluding hydrogens is 237 g/mol. The number of nitrogens with zero attached hydrogens (tertiary/aromatic N) is 1. The lowest BCUT2D eigenvalue weighted by molar-refractivity contribution is -0.385. The number of carbonyl (C=O) groups is 2. The maximum absolute atomic E-state index is 13.3. The molecule has 0 amide bonds. The number of aliphatic hydroxyl groups is 1. The molecule has 0 aliphatic carbocycles. The number of nitro groups is 1. The molecule has 2 N–H and O–H groups in total. The van der Waals surface area contributed by atoms with E-state index in [4.69, 9.17) is 10.2 Å². The van der Waals surface area contributed by atoms with Crippen LogP contribution in [0.1, 0.15) is 22.0 Å². The van der Waals surface area contributed by atoms with Gasteiger partial charge in [-0.2, -0.15) is 0 Å². The summed E-state index contributed by atoms with van der Waals surface area (Å²) in [4.78, 5) is 30.4. The number of aldehydes is 1. The monoisotopic (exact) mass is 243 g/mol. The minimum atomic E-state index is -2.19. The Morgan fingerprint density at radius 2 is 2.12 bits per heavy atom. The molecule has 0 aliphatic rings. The van der Waals surface area contributed by atoms with E-state index in [1.165, 1.54) is 0 Å². The van der Waals surface area contributed by atoms with Crippen LogP contribution >= 0.6 is 0 Å². The first-order chi connectivity index (χ1) is 7.88. The van der Waals surface area contributed by atoms with Crippen molar-refractivity contribution in [2.45, 2.75) is 6.10 Å². The number of carbonyl (C=O) groups excluding carboxylic acids is 1. The first kappa shape index (κ1) is 12.7. The minimum absolute atomic E-state index is 0.0790. The predicted octanol–water partition coefficient (Wildman–Crippen LogP) is 0.664. The van der Waals surface area contributed by atoms with Gasteiger partial charge in [0, 0.05) is 5.56 Å². The van der Waals surface area contributed by atoms with Crippen molar-refractivity contribution >= 4 is 17.9 Å². The molecule has 0 saturated heterocycles. The van der Waals surface area contributed by atoms with E-state index in [1.54, 1.807) is 0 Å². The quantitative estimate of drug-likeness (QED) is 0.455. The molecule has 1 unspecified atom stereocenters. The summed E-state index contributed by atoms with van der Waals surface area (Å²) in [5.74, 6) is -2.99. The van der Waals surface area contributed by atoms with Crippen LogP contribution in [0, 0.1) is 15.9 Å². The SMILES string of the molecule is O=Cc1cc(C(O)C(=O)O)c(F)cc1[N+](=O)[O-]. The van der Waals surface area contributed by atoms with Crippen molar-refractivity contribution < 1.29 is 29.1 Å². The Morgan fingerprint density at radius 1 is 1.53 bits per heavy atom. The number of hydrogen-bond acceptors (Lipinski definition) is 5. The van der Waals surface area contributed by atoms with Gasteiger partial charge in [0.05, 0.1) is 16.6 Å². The lowest BCUT2D eigenvalue weighted by Crippen LogP contribution is -2.13. The van der Waals surface area contributed by atoms with E-state index in [0.717, 1.165) is 0 Å². The van der Waals surface area contributed by atoms with Gasteiger partial charge in [-0.25, -0.2) is 9.18 Å². The van der Waals surface area contributed by atoms with Gasteiger partial charge in [-0.15, -0.1) is 0 Å². The zero-order valence-corrected chi connectivity index (χ0v) is 8.16. The van der Waals surface area contributed by atoms with Crippen LogP contribution in [0.2, 0.25) is 0 Å². The van der Waals surface area contributed by atoms with Gasteiger partial charge in [-0.1, -0.05) is 0 Å². The van der Waals surface area contributed by atoms with E-state index in [2.05, 4.69) is 0 Å². The number of halogens is 1. The lowest BCUT2D eigenvalue weighted by atomic mass is 10.0. The smallest absolute Gasteiger partial charge is 0.337 e. The first-order valence-electron chi connectivity index (χ1n) is 4.22. The van der Waals surface area contributed by atoms with Crippen LogP contribution in [0.3, 0.4) is 0 Å². The Hall–Kier alpha value is -2.35. The van der Waals surface area contributed by atoms with Crippen molar-refractivity contribution in [1.82, 2.24) is 0 Å². The molecule has 1 atom stereocenters. The topological polar surface area (TPSA) is 118 Å². The molecule has 17 heavy (non-hydrogen) atoms. The normalized spacial score (nSPS) is 11.9. The Kier molecular flexibility index (Phi) is 3.49. The van der Waals surface area contributed by atoms with Crippen LogP contribution in [0.25, 0.3) is 0 Å². The standard InChI is InChI=1S/C9H6FNO6/c10-6-2-7(11(16)17)4(3-12)1-5(6)8(13)9(14)15/h1-3,8,13H,(H,14,15). The van der Waals surface area contributed by atoms with Crippen LogP contribution in [0.4, 0.5) is 10.1 Å². The van der Waals surface area contributed by atoms with Crippen molar-refractivity contribution in [2.24, 2.45) is 0 Å². The molecule has 1 aromatic carbocycles. The maximum atomic E-state index is 13.3. The number of benzene rings is 1. The van der Waals surface area contributed by atoms with Gasteiger partial charge >= 0.3 is 5.97 Å². The molecule has 0 radical (unpaired) electrons. The number of nitro benzene ring substituents is 1. The molecule has 1 rings (SSSR count). The molecule has 0 spiro atoms. The third-order valence-electron chi connectivity index (χ3n) is 2.00. The highest BCUT2D eigenvalue weighted by Crippen LogP contribution is 2.25. The fourth-order valence-electron chi connectivity index (χ4n) is 1.19. The van der Waals surface area contributed by atoms with Gasteiger partial charge in [0.2, 0.25) is 0 Å². The van der Waals surface area contributed by atoms with Crippen LogP contribution in [-0.2, 0) is 4.79 Å². The van der Waals surface area contributed by atoms with Crippen LogP contribution in [-0.4, -0.2) is 27.4 Å². The van der Waals surface area contributed by atoms with Gasteiger partial charge in [0.25, 0.3) is 5.69 Å². The van der Waals surface area contributed by atoms with Crippen molar-refractivity contribution in [3.8, 4) is 0 Å². The summed E-state index contributed by atoms with van der Waals surface area (Å²) in [5.41, 5.74) is -2.00. The van der Waals surface area contributed by atoms with E-state index >= 15 is 0 Å². The molecule has 90 valence electrons. The van der Waals surface area contributed by atoms with Gasteiger partial charge in [0.1, 0.15) is 5.82 Å². The summed E-state index contributed by atoms with van der Waals surface area (Å²) in [5, 5.41) is 28.0. The maximum Gasteiger partial charge on any atom is 0.337 e. The van der Waals surface area contributed by atoms with E-state index in [9.17, 15) is 24.1 Å². The van der Waals surface area contributed by atoms with Gasteiger partial charge in [0.15, 0.2) is 12.4 Å². The second-order valence-electron chi connectivity index (χ2n) is 3.05. The Morgan fingerprint density at radius 3 is 2.53 bits per heavy atom. The highest BCUT2D eigenvalue weighted by Gasteiger charge is 2.25. The Bertz CT molecular complexity index is 501. The molecule has 0 aliphatic heterocycles. The average molecular weight is 243 g/mol. The molecule has 0 aromatic heterocycles. The number of carboxylic acid groups (broad SMARTS) is 1. The minimum Gasteiger partial charge on any atom is -0.479 e. The van der Waals surface area contributed by atoms with Gasteiger partial charge in [-0.05, 0) is 6.07 Å². The zero-order valence-electron chi connectivity index (χ0n) is 8.16. The van der Waals surface area contributed by atoms with Crippen LogP contribution in [0.5, 0.6) is 0 Å². The molecular formula is C9H6FNO6. The number of aliphatic hydroxyl groups excluding tert-OH is 1. The Balaban J connectivity index is 3.42. The molecule has 0 fully saturated rings. The molecule has 1 aromatic rings. The predicted molar refractivity (Wildman–Crippen MR) is 51.0 cm³/mol. The molecule has 8 heteroatoms. The highest BCUT2D eigenvalue weighted by molar-refractivity contribution is 5.83. The molecule has 0 heterocycles. The second-order valence-corrected chi connectivity index (χ2v) is 3.05. The van der Waals surface area contributed by atoms with Crippen molar-refractivity contribution in [3.05, 3.63) is 39.2 Å². The molecule has 0 bridgehead atoms. The number of carboxylic acids is 1. The summed E-state index contributed by atoms with van der Waals surface area (Å²) < 4.78 is 13.3.